The highest BCUT2D eigenvalue weighted by Crippen LogP contribution is 2.23. The van der Waals surface area contributed by atoms with Crippen LogP contribution in [0.4, 0.5) is 11.4 Å². The average molecular weight is 244 g/mol. The predicted molar refractivity (Wildman–Crippen MR) is 64.1 cm³/mol. The Morgan fingerprint density at radius 2 is 2.31 bits per heavy atom. The van der Waals surface area contributed by atoms with Crippen LogP contribution in [0.2, 0.25) is 5.02 Å². The van der Waals surface area contributed by atoms with E-state index in [1.165, 1.54) is 12.2 Å². The van der Waals surface area contributed by atoms with Crippen LogP contribution in [0, 0.1) is 0 Å². The number of carbonyl (C=O) groups excluding carboxylic acids is 1. The topological polar surface area (TPSA) is 67.6 Å². The van der Waals surface area contributed by atoms with Crippen molar-refractivity contribution < 1.29 is 9.63 Å². The number of hydrogen-bond acceptors (Lipinski definition) is 4. The van der Waals surface area contributed by atoms with Crippen LogP contribution < -0.4 is 11.1 Å². The van der Waals surface area contributed by atoms with Crippen LogP contribution in [0.3, 0.4) is 0 Å². The summed E-state index contributed by atoms with van der Waals surface area (Å²) in [6.07, 6.45) is 0. The van der Waals surface area contributed by atoms with Crippen LogP contribution in [0.5, 0.6) is 0 Å². The maximum absolute atomic E-state index is 11.5. The molecule has 0 aliphatic heterocycles. The van der Waals surface area contributed by atoms with Gasteiger partial charge in [-0.05, 0) is 18.2 Å². The third-order valence-corrected chi connectivity index (χ3v) is 2.26. The molecule has 5 nitrogen and oxygen atoms in total. The second-order valence-corrected chi connectivity index (χ2v) is 3.66. The lowest BCUT2D eigenvalue weighted by molar-refractivity contribution is -0.137. The number of halogens is 1. The van der Waals surface area contributed by atoms with Gasteiger partial charge in [0.15, 0.2) is 0 Å². The number of benzene rings is 1. The molecule has 1 rings (SSSR count). The summed E-state index contributed by atoms with van der Waals surface area (Å²) in [4.78, 5) is 16.3. The summed E-state index contributed by atoms with van der Waals surface area (Å²) in [5.74, 6) is -0.212. The lowest BCUT2D eigenvalue weighted by Crippen LogP contribution is -2.29. The first-order valence-corrected chi connectivity index (χ1v) is 5.01. The van der Waals surface area contributed by atoms with Crippen molar-refractivity contribution in [2.24, 2.45) is 0 Å². The van der Waals surface area contributed by atoms with E-state index >= 15 is 0 Å². The molecule has 16 heavy (non-hydrogen) atoms. The molecule has 1 aromatic rings. The average Bonchev–Trinajstić information content (AvgIpc) is 2.22. The van der Waals surface area contributed by atoms with Crippen molar-refractivity contribution >= 4 is 28.9 Å². The van der Waals surface area contributed by atoms with E-state index in [0.29, 0.717) is 16.4 Å². The molecule has 3 N–H and O–H groups in total. The van der Waals surface area contributed by atoms with Gasteiger partial charge in [-0.3, -0.25) is 4.79 Å². The van der Waals surface area contributed by atoms with Gasteiger partial charge in [0, 0.05) is 12.7 Å². The van der Waals surface area contributed by atoms with Crippen molar-refractivity contribution in [3.05, 3.63) is 23.2 Å². The van der Waals surface area contributed by atoms with Crippen molar-refractivity contribution in [1.82, 2.24) is 5.06 Å². The summed E-state index contributed by atoms with van der Waals surface area (Å²) in [6, 6.07) is 4.90. The van der Waals surface area contributed by atoms with Crippen LogP contribution >= 0.6 is 11.6 Å². The highest BCUT2D eigenvalue weighted by atomic mass is 35.5. The Bertz CT molecular complexity index is 384. The van der Waals surface area contributed by atoms with E-state index in [9.17, 15) is 4.79 Å². The molecule has 0 fully saturated rings. The number of hydroxylamine groups is 2. The molecule has 0 aromatic heterocycles. The van der Waals surface area contributed by atoms with Crippen LogP contribution in [0.25, 0.3) is 0 Å². The Labute approximate surface area is 99.1 Å². The van der Waals surface area contributed by atoms with E-state index in [2.05, 4.69) is 5.32 Å². The van der Waals surface area contributed by atoms with Gasteiger partial charge >= 0.3 is 0 Å². The smallest absolute Gasteiger partial charge is 0.241 e. The lowest BCUT2D eigenvalue weighted by atomic mass is 10.3. The Hall–Kier alpha value is -1.30. The zero-order valence-electron chi connectivity index (χ0n) is 9.16. The van der Waals surface area contributed by atoms with Gasteiger partial charge in [0.1, 0.15) is 6.54 Å². The van der Waals surface area contributed by atoms with Crippen LogP contribution in [-0.2, 0) is 9.63 Å². The number of anilines is 2. The number of nitrogens with zero attached hydrogens (tertiary/aromatic N) is 1. The SMILES string of the molecule is CON(C)CC(=O)Nc1ccc(N)cc1Cl. The van der Waals surface area contributed by atoms with Crippen molar-refractivity contribution in [3.63, 3.8) is 0 Å². The molecule has 88 valence electrons. The molecular weight excluding hydrogens is 230 g/mol. The van der Waals surface area contributed by atoms with Gasteiger partial charge < -0.3 is 15.9 Å². The molecule has 1 amide bonds. The van der Waals surface area contributed by atoms with E-state index in [1.807, 2.05) is 0 Å². The summed E-state index contributed by atoms with van der Waals surface area (Å²) >= 11 is 5.90. The van der Waals surface area contributed by atoms with Gasteiger partial charge in [0.25, 0.3) is 0 Å². The molecular formula is C10H14ClN3O2. The van der Waals surface area contributed by atoms with Crippen molar-refractivity contribution in [2.75, 3.05) is 31.8 Å². The van der Waals surface area contributed by atoms with Gasteiger partial charge in [0.2, 0.25) is 5.91 Å². The zero-order valence-corrected chi connectivity index (χ0v) is 9.91. The molecule has 0 saturated heterocycles. The standard InChI is InChI=1S/C10H14ClN3O2/c1-14(16-2)6-10(15)13-9-4-3-7(12)5-8(9)11/h3-5H,6,12H2,1-2H3,(H,13,15). The summed E-state index contributed by atoms with van der Waals surface area (Å²) in [5.41, 5.74) is 6.62. The van der Waals surface area contributed by atoms with Gasteiger partial charge in [-0.2, -0.15) is 5.06 Å². The Balaban J connectivity index is 2.63. The third kappa shape index (κ3) is 3.69. The summed E-state index contributed by atoms with van der Waals surface area (Å²) in [6.45, 7) is 0.122. The first kappa shape index (κ1) is 12.8. The highest BCUT2D eigenvalue weighted by molar-refractivity contribution is 6.34. The van der Waals surface area contributed by atoms with E-state index in [-0.39, 0.29) is 12.5 Å². The Kier molecular flexibility index (Phi) is 4.54. The fourth-order valence-corrected chi connectivity index (χ4v) is 1.33. The molecule has 0 atom stereocenters. The third-order valence-electron chi connectivity index (χ3n) is 1.95. The molecule has 0 spiro atoms. The second-order valence-electron chi connectivity index (χ2n) is 3.26. The predicted octanol–water partition coefficient (Wildman–Crippen LogP) is 1.35. The number of carbonyl (C=O) groups is 1. The number of nitrogen functional groups attached to an aromatic ring is 1. The molecule has 0 bridgehead atoms. The summed E-state index contributed by atoms with van der Waals surface area (Å²) < 4.78 is 0. The van der Waals surface area contributed by atoms with Gasteiger partial charge in [-0.1, -0.05) is 11.6 Å². The number of nitrogens with one attached hydrogen (secondary N) is 1. The normalized spacial score (nSPS) is 10.5. The van der Waals surface area contributed by atoms with Crippen LogP contribution in [0.1, 0.15) is 0 Å². The molecule has 0 radical (unpaired) electrons. The number of hydrogen-bond donors (Lipinski definition) is 2. The highest BCUT2D eigenvalue weighted by Gasteiger charge is 2.08. The van der Waals surface area contributed by atoms with Gasteiger partial charge in [0.05, 0.1) is 17.8 Å². The first-order chi connectivity index (χ1) is 7.52. The van der Waals surface area contributed by atoms with E-state index in [0.717, 1.165) is 0 Å². The Morgan fingerprint density at radius 1 is 1.62 bits per heavy atom. The number of likely N-dealkylation sites (N-methyl/N-ethyl adjacent to an activating group) is 1. The molecule has 6 heteroatoms. The fourth-order valence-electron chi connectivity index (χ4n) is 1.09. The summed E-state index contributed by atoms with van der Waals surface area (Å²) in [7, 11) is 3.15. The molecule has 0 heterocycles. The minimum atomic E-state index is -0.212. The molecule has 0 saturated carbocycles. The zero-order chi connectivity index (χ0) is 12.1. The minimum Gasteiger partial charge on any atom is -0.399 e. The van der Waals surface area contributed by atoms with Crippen molar-refractivity contribution in [1.29, 1.82) is 0 Å². The molecule has 0 aliphatic carbocycles. The number of nitrogens with two attached hydrogens (primary N) is 1. The van der Waals surface area contributed by atoms with Gasteiger partial charge in [-0.25, -0.2) is 0 Å². The molecule has 1 aromatic carbocycles. The maximum atomic E-state index is 11.5. The van der Waals surface area contributed by atoms with E-state index in [1.54, 1.807) is 25.2 Å². The largest absolute Gasteiger partial charge is 0.399 e. The van der Waals surface area contributed by atoms with Crippen molar-refractivity contribution in [2.45, 2.75) is 0 Å². The summed E-state index contributed by atoms with van der Waals surface area (Å²) in [5, 5.41) is 4.47. The quantitative estimate of drug-likeness (QED) is 0.619. The van der Waals surface area contributed by atoms with Crippen LogP contribution in [0.15, 0.2) is 18.2 Å². The molecule has 0 aliphatic rings. The van der Waals surface area contributed by atoms with Gasteiger partial charge in [-0.15, -0.1) is 0 Å². The number of amides is 1. The van der Waals surface area contributed by atoms with E-state index < -0.39 is 0 Å². The van der Waals surface area contributed by atoms with Crippen molar-refractivity contribution in [3.8, 4) is 0 Å². The van der Waals surface area contributed by atoms with Crippen LogP contribution in [-0.4, -0.2) is 31.7 Å². The monoisotopic (exact) mass is 243 g/mol. The van der Waals surface area contributed by atoms with E-state index in [4.69, 9.17) is 22.2 Å². The Morgan fingerprint density at radius 3 is 2.88 bits per heavy atom. The second kappa shape index (κ2) is 5.69. The first-order valence-electron chi connectivity index (χ1n) is 4.63. The molecule has 0 unspecified atom stereocenters. The lowest BCUT2D eigenvalue weighted by Gasteiger charge is -2.13. The minimum absolute atomic E-state index is 0.122. The fraction of sp³-hybridized carbons (Fsp3) is 0.300. The maximum Gasteiger partial charge on any atom is 0.241 e. The number of rotatable bonds is 4.